The van der Waals surface area contributed by atoms with Gasteiger partial charge in [0.25, 0.3) is 0 Å². The molecule has 2 aliphatic rings. The van der Waals surface area contributed by atoms with E-state index in [9.17, 15) is 4.79 Å². The molecule has 0 spiro atoms. The number of piperidine rings is 1. The largest absolute Gasteiger partial charge is 0.342 e. The maximum atomic E-state index is 12.7. The second-order valence-electron chi connectivity index (χ2n) is 7.86. The normalized spacial score (nSPS) is 25.4. The smallest absolute Gasteiger partial charge is 0.228 e. The molecule has 1 atom stereocenters. The van der Waals surface area contributed by atoms with Crippen molar-refractivity contribution in [2.45, 2.75) is 53.4 Å². The minimum Gasteiger partial charge on any atom is -0.342 e. The first-order valence-electron chi connectivity index (χ1n) is 8.40. The molecule has 2 heterocycles. The van der Waals surface area contributed by atoms with E-state index in [4.69, 9.17) is 0 Å². The van der Waals surface area contributed by atoms with Crippen molar-refractivity contribution in [1.29, 1.82) is 0 Å². The van der Waals surface area contributed by atoms with Crippen molar-refractivity contribution >= 4 is 5.91 Å². The Labute approximate surface area is 124 Å². The van der Waals surface area contributed by atoms with Gasteiger partial charge in [0.2, 0.25) is 5.91 Å². The Balaban J connectivity index is 1.84. The highest BCUT2D eigenvalue weighted by Gasteiger charge is 2.36. The van der Waals surface area contributed by atoms with E-state index >= 15 is 0 Å². The van der Waals surface area contributed by atoms with E-state index in [0.29, 0.717) is 11.8 Å². The molecule has 2 aliphatic heterocycles. The quantitative estimate of drug-likeness (QED) is 0.859. The maximum Gasteiger partial charge on any atom is 0.228 e. The third-order valence-corrected chi connectivity index (χ3v) is 5.09. The molecule has 20 heavy (non-hydrogen) atoms. The first kappa shape index (κ1) is 15.8. The van der Waals surface area contributed by atoms with Gasteiger partial charge in [0, 0.05) is 18.5 Å². The van der Waals surface area contributed by atoms with Gasteiger partial charge in [-0.15, -0.1) is 0 Å². The van der Waals surface area contributed by atoms with Crippen LogP contribution < -0.4 is 5.32 Å². The molecule has 0 aliphatic carbocycles. The van der Waals surface area contributed by atoms with Crippen LogP contribution in [0.1, 0.15) is 53.4 Å². The van der Waals surface area contributed by atoms with Crippen LogP contribution >= 0.6 is 0 Å². The molecular weight excluding hydrogens is 248 g/mol. The molecule has 1 N–H and O–H groups in total. The Morgan fingerprint density at radius 2 is 1.85 bits per heavy atom. The number of amides is 1. The van der Waals surface area contributed by atoms with Gasteiger partial charge in [0.1, 0.15) is 0 Å². The fourth-order valence-electron chi connectivity index (χ4n) is 4.19. The fraction of sp³-hybridized carbons (Fsp3) is 0.941. The van der Waals surface area contributed by atoms with E-state index in [2.05, 4.69) is 37.9 Å². The number of rotatable bonds is 4. The molecular formula is C17H32N2O. The van der Waals surface area contributed by atoms with Crippen LogP contribution in [-0.4, -0.2) is 37.0 Å². The molecule has 1 amide bonds. The van der Waals surface area contributed by atoms with Gasteiger partial charge in [-0.1, -0.05) is 27.7 Å². The van der Waals surface area contributed by atoms with E-state index in [1.54, 1.807) is 0 Å². The van der Waals surface area contributed by atoms with Crippen molar-refractivity contribution in [3.8, 4) is 0 Å². The first-order chi connectivity index (χ1) is 9.40. The second kappa shape index (κ2) is 6.46. The van der Waals surface area contributed by atoms with Crippen LogP contribution in [0.3, 0.4) is 0 Å². The van der Waals surface area contributed by atoms with Crippen LogP contribution in [0, 0.1) is 23.2 Å². The van der Waals surface area contributed by atoms with Gasteiger partial charge >= 0.3 is 0 Å². The standard InChI is InChI=1S/C17H32N2O/c1-13(2)11-17(3,4)16(20)19-9-6-14(7-10-19)15-5-8-18-12-15/h13-15,18H,5-12H2,1-4H3/t15-/m0/s1. The van der Waals surface area contributed by atoms with Crippen LogP contribution in [0.5, 0.6) is 0 Å². The Morgan fingerprint density at radius 3 is 2.35 bits per heavy atom. The number of nitrogens with one attached hydrogen (secondary N) is 1. The van der Waals surface area contributed by atoms with Gasteiger partial charge in [-0.25, -0.2) is 0 Å². The van der Waals surface area contributed by atoms with Crippen molar-refractivity contribution in [3.05, 3.63) is 0 Å². The summed E-state index contributed by atoms with van der Waals surface area (Å²) in [5.41, 5.74) is -0.198. The van der Waals surface area contributed by atoms with Crippen LogP contribution in [0.25, 0.3) is 0 Å². The molecule has 0 bridgehead atoms. The van der Waals surface area contributed by atoms with E-state index in [-0.39, 0.29) is 5.41 Å². The van der Waals surface area contributed by atoms with E-state index in [0.717, 1.165) is 31.3 Å². The van der Waals surface area contributed by atoms with Crippen molar-refractivity contribution < 1.29 is 4.79 Å². The zero-order valence-electron chi connectivity index (χ0n) is 13.7. The molecule has 0 aromatic carbocycles. The lowest BCUT2D eigenvalue weighted by molar-refractivity contribution is -0.142. The zero-order chi connectivity index (χ0) is 14.8. The van der Waals surface area contributed by atoms with Gasteiger partial charge in [0.15, 0.2) is 0 Å². The molecule has 0 aromatic rings. The summed E-state index contributed by atoms with van der Waals surface area (Å²) in [6.45, 7) is 13.0. The summed E-state index contributed by atoms with van der Waals surface area (Å²) in [5, 5.41) is 3.47. The Kier molecular flexibility index (Phi) is 5.11. The molecule has 2 saturated heterocycles. The molecule has 116 valence electrons. The average Bonchev–Trinajstić information content (AvgIpc) is 2.90. The summed E-state index contributed by atoms with van der Waals surface area (Å²) in [6, 6.07) is 0. The van der Waals surface area contributed by atoms with Gasteiger partial charge in [0.05, 0.1) is 0 Å². The highest BCUT2D eigenvalue weighted by Crippen LogP contribution is 2.33. The number of nitrogens with zero attached hydrogens (tertiary/aromatic N) is 1. The zero-order valence-corrected chi connectivity index (χ0v) is 13.7. The number of carbonyl (C=O) groups excluding carboxylic acids is 1. The van der Waals surface area contributed by atoms with Crippen molar-refractivity contribution in [3.63, 3.8) is 0 Å². The van der Waals surface area contributed by atoms with Crippen molar-refractivity contribution in [2.75, 3.05) is 26.2 Å². The molecule has 2 rings (SSSR count). The average molecular weight is 280 g/mol. The predicted molar refractivity (Wildman–Crippen MR) is 83.5 cm³/mol. The predicted octanol–water partition coefficient (Wildman–Crippen LogP) is 2.91. The Bertz CT molecular complexity index is 324. The number of hydrogen-bond acceptors (Lipinski definition) is 2. The van der Waals surface area contributed by atoms with Crippen molar-refractivity contribution in [1.82, 2.24) is 10.2 Å². The lowest BCUT2D eigenvalue weighted by atomic mass is 9.80. The monoisotopic (exact) mass is 280 g/mol. The van der Waals surface area contributed by atoms with E-state index in [1.807, 2.05) is 0 Å². The SMILES string of the molecule is CC(C)CC(C)(C)C(=O)N1CCC([C@H]2CCNC2)CC1. The number of hydrogen-bond donors (Lipinski definition) is 1. The van der Waals surface area contributed by atoms with Crippen LogP contribution in [0.2, 0.25) is 0 Å². The summed E-state index contributed by atoms with van der Waals surface area (Å²) in [5.74, 6) is 2.64. The van der Waals surface area contributed by atoms with Gasteiger partial charge in [-0.3, -0.25) is 4.79 Å². The van der Waals surface area contributed by atoms with E-state index < -0.39 is 0 Å². The highest BCUT2D eigenvalue weighted by molar-refractivity contribution is 5.82. The van der Waals surface area contributed by atoms with Gasteiger partial charge < -0.3 is 10.2 Å². The molecule has 0 unspecified atom stereocenters. The number of carbonyl (C=O) groups is 1. The molecule has 0 radical (unpaired) electrons. The third-order valence-electron chi connectivity index (χ3n) is 5.09. The lowest BCUT2D eigenvalue weighted by Crippen LogP contribution is -2.46. The van der Waals surface area contributed by atoms with Crippen LogP contribution in [-0.2, 0) is 4.79 Å². The molecule has 3 nitrogen and oxygen atoms in total. The molecule has 0 saturated carbocycles. The minimum absolute atomic E-state index is 0.198. The summed E-state index contributed by atoms with van der Waals surface area (Å²) < 4.78 is 0. The fourth-order valence-corrected chi connectivity index (χ4v) is 4.19. The summed E-state index contributed by atoms with van der Waals surface area (Å²) in [7, 11) is 0. The second-order valence-corrected chi connectivity index (χ2v) is 7.86. The molecule has 2 fully saturated rings. The van der Waals surface area contributed by atoms with E-state index in [1.165, 1.54) is 32.4 Å². The topological polar surface area (TPSA) is 32.3 Å². The summed E-state index contributed by atoms with van der Waals surface area (Å²) in [6.07, 6.45) is 4.72. The molecule has 3 heteroatoms. The third kappa shape index (κ3) is 3.75. The lowest BCUT2D eigenvalue weighted by Gasteiger charge is -2.39. The highest BCUT2D eigenvalue weighted by atomic mass is 16.2. The Morgan fingerprint density at radius 1 is 1.20 bits per heavy atom. The van der Waals surface area contributed by atoms with Crippen LogP contribution in [0.4, 0.5) is 0 Å². The number of likely N-dealkylation sites (tertiary alicyclic amines) is 1. The first-order valence-corrected chi connectivity index (χ1v) is 8.40. The van der Waals surface area contributed by atoms with Gasteiger partial charge in [-0.2, -0.15) is 0 Å². The summed E-state index contributed by atoms with van der Waals surface area (Å²) >= 11 is 0. The van der Waals surface area contributed by atoms with Gasteiger partial charge in [-0.05, 0) is 56.5 Å². The Hall–Kier alpha value is -0.570. The molecule has 0 aromatic heterocycles. The van der Waals surface area contributed by atoms with Crippen molar-refractivity contribution in [2.24, 2.45) is 23.2 Å². The summed E-state index contributed by atoms with van der Waals surface area (Å²) in [4.78, 5) is 14.8. The van der Waals surface area contributed by atoms with Crippen LogP contribution in [0.15, 0.2) is 0 Å². The minimum atomic E-state index is -0.198. The maximum absolute atomic E-state index is 12.7.